The number of aromatic nitrogens is 3. The summed E-state index contributed by atoms with van der Waals surface area (Å²) in [5, 5.41) is 0. The predicted molar refractivity (Wildman–Crippen MR) is 201 cm³/mol. The summed E-state index contributed by atoms with van der Waals surface area (Å²) in [6.07, 6.45) is 6.50. The molecule has 0 saturated heterocycles. The molecule has 0 bridgehead atoms. The van der Waals surface area contributed by atoms with Gasteiger partial charge in [-0.2, -0.15) is 0 Å². The Balaban J connectivity index is 1.08. The molecule has 0 aliphatic heterocycles. The first-order chi connectivity index (χ1) is 24.2. The molecule has 2 aliphatic carbocycles. The Hall–Kier alpha value is -5.67. The van der Waals surface area contributed by atoms with Crippen LogP contribution in [0.4, 0.5) is 0 Å². The monoisotopic (exact) mass is 631 g/mol. The van der Waals surface area contributed by atoms with Crippen LogP contribution in [0, 0.1) is 6.92 Å². The number of rotatable bonds is 5. The van der Waals surface area contributed by atoms with Gasteiger partial charge in [-0.3, -0.25) is 0 Å². The van der Waals surface area contributed by atoms with Crippen molar-refractivity contribution in [1.82, 2.24) is 15.0 Å². The molecule has 0 amide bonds. The molecule has 7 aromatic rings. The summed E-state index contributed by atoms with van der Waals surface area (Å²) in [5.74, 6) is 2.02. The van der Waals surface area contributed by atoms with E-state index in [4.69, 9.17) is 15.0 Å². The Bertz CT molecular complexity index is 2240. The third-order valence-electron chi connectivity index (χ3n) is 10.8. The molecule has 0 unspecified atom stereocenters. The third kappa shape index (κ3) is 5.09. The van der Waals surface area contributed by atoms with Crippen LogP contribution in [0.25, 0.3) is 67.5 Å². The summed E-state index contributed by atoms with van der Waals surface area (Å²) in [6, 6.07) is 52.1. The minimum absolute atomic E-state index is 0.192. The van der Waals surface area contributed by atoms with Crippen molar-refractivity contribution in [2.24, 2.45) is 0 Å². The lowest BCUT2D eigenvalue weighted by atomic mass is 9.68. The number of hydrogen-bond acceptors (Lipinski definition) is 3. The van der Waals surface area contributed by atoms with E-state index in [0.29, 0.717) is 17.5 Å². The molecule has 3 nitrogen and oxygen atoms in total. The van der Waals surface area contributed by atoms with Crippen molar-refractivity contribution in [2.75, 3.05) is 0 Å². The number of hydrogen-bond donors (Lipinski definition) is 0. The van der Waals surface area contributed by atoms with Crippen molar-refractivity contribution in [3.8, 4) is 67.5 Å². The highest BCUT2D eigenvalue weighted by Gasteiger charge is 2.43. The Morgan fingerprint density at radius 3 is 1.61 bits per heavy atom. The van der Waals surface area contributed by atoms with Crippen LogP contribution in [0.2, 0.25) is 0 Å². The van der Waals surface area contributed by atoms with Gasteiger partial charge in [-0.05, 0) is 75.9 Å². The molecule has 0 radical (unpaired) electrons. The van der Waals surface area contributed by atoms with Gasteiger partial charge in [0, 0.05) is 22.1 Å². The van der Waals surface area contributed by atoms with E-state index in [0.717, 1.165) is 22.3 Å². The number of benzene rings is 6. The highest BCUT2D eigenvalue weighted by atomic mass is 15.0. The molecule has 9 rings (SSSR count). The van der Waals surface area contributed by atoms with E-state index in [-0.39, 0.29) is 5.41 Å². The molecule has 6 aromatic carbocycles. The fraction of sp³-hybridized carbons (Fsp3) is 0.152. The second-order valence-electron chi connectivity index (χ2n) is 13.5. The summed E-state index contributed by atoms with van der Waals surface area (Å²) in [7, 11) is 0. The van der Waals surface area contributed by atoms with E-state index in [1.54, 1.807) is 0 Å². The molecular weight excluding hydrogens is 595 g/mol. The topological polar surface area (TPSA) is 38.7 Å². The standard InChI is InChI=1S/C46H37N3/c1-31-37(19-13-20-38(31)45-48-43(34-14-5-2-6-15-34)47-44(49-45)35-16-7-3-8-17-35)33-24-22-32(23-25-33)36-26-27-42-40(30-36)39-18-9-10-21-41(39)46(42)28-11-4-12-29-46/h2-3,5-10,13-27,30H,4,11-12,28-29H2,1H3. The second kappa shape index (κ2) is 12.1. The molecule has 1 aromatic heterocycles. The molecule has 49 heavy (non-hydrogen) atoms. The van der Waals surface area contributed by atoms with Gasteiger partial charge in [-0.1, -0.05) is 159 Å². The normalized spacial score (nSPS) is 14.4. The van der Waals surface area contributed by atoms with Crippen molar-refractivity contribution in [3.63, 3.8) is 0 Å². The molecule has 1 fully saturated rings. The quantitative estimate of drug-likeness (QED) is 0.190. The molecule has 2 aliphatic rings. The predicted octanol–water partition coefficient (Wildman–Crippen LogP) is 11.7. The maximum Gasteiger partial charge on any atom is 0.164 e. The van der Waals surface area contributed by atoms with Gasteiger partial charge in [0.1, 0.15) is 0 Å². The molecule has 0 N–H and O–H groups in total. The highest BCUT2D eigenvalue weighted by Crippen LogP contribution is 2.56. The van der Waals surface area contributed by atoms with Gasteiger partial charge in [0.05, 0.1) is 0 Å². The van der Waals surface area contributed by atoms with Crippen LogP contribution in [0.15, 0.2) is 146 Å². The van der Waals surface area contributed by atoms with E-state index in [9.17, 15) is 0 Å². The maximum absolute atomic E-state index is 5.00. The zero-order chi connectivity index (χ0) is 32.8. The van der Waals surface area contributed by atoms with Crippen LogP contribution in [-0.4, -0.2) is 15.0 Å². The van der Waals surface area contributed by atoms with Gasteiger partial charge in [0.2, 0.25) is 0 Å². The van der Waals surface area contributed by atoms with Gasteiger partial charge in [0.15, 0.2) is 17.5 Å². The van der Waals surface area contributed by atoms with Gasteiger partial charge in [0.25, 0.3) is 0 Å². The van der Waals surface area contributed by atoms with Crippen LogP contribution in [0.3, 0.4) is 0 Å². The van der Waals surface area contributed by atoms with Crippen molar-refractivity contribution in [2.45, 2.75) is 44.4 Å². The van der Waals surface area contributed by atoms with Gasteiger partial charge < -0.3 is 0 Å². The third-order valence-corrected chi connectivity index (χ3v) is 10.8. The minimum Gasteiger partial charge on any atom is -0.208 e. The highest BCUT2D eigenvalue weighted by molar-refractivity contribution is 5.85. The molecular formula is C46H37N3. The molecule has 236 valence electrons. The first-order valence-electron chi connectivity index (χ1n) is 17.5. The minimum atomic E-state index is 0.192. The van der Waals surface area contributed by atoms with Crippen LogP contribution >= 0.6 is 0 Å². The van der Waals surface area contributed by atoms with Crippen molar-refractivity contribution in [3.05, 3.63) is 162 Å². The zero-order valence-corrected chi connectivity index (χ0v) is 27.7. The summed E-state index contributed by atoms with van der Waals surface area (Å²) < 4.78 is 0. The van der Waals surface area contributed by atoms with Crippen molar-refractivity contribution in [1.29, 1.82) is 0 Å². The SMILES string of the molecule is Cc1c(-c2ccc(-c3ccc4c(c3)-c3ccccc3C43CCCCC3)cc2)cccc1-c1nc(-c2ccccc2)nc(-c2ccccc2)n1. The summed E-state index contributed by atoms with van der Waals surface area (Å²) in [4.78, 5) is 14.9. The Morgan fingerprint density at radius 1 is 0.388 bits per heavy atom. The first-order valence-corrected chi connectivity index (χ1v) is 17.5. The zero-order valence-electron chi connectivity index (χ0n) is 27.7. The Labute approximate surface area is 288 Å². The molecule has 1 spiro atoms. The fourth-order valence-electron chi connectivity index (χ4n) is 8.30. The van der Waals surface area contributed by atoms with E-state index in [1.807, 2.05) is 60.7 Å². The van der Waals surface area contributed by atoms with Gasteiger partial charge >= 0.3 is 0 Å². The largest absolute Gasteiger partial charge is 0.208 e. The van der Waals surface area contributed by atoms with Gasteiger partial charge in [-0.25, -0.2) is 15.0 Å². The summed E-state index contributed by atoms with van der Waals surface area (Å²) in [5.41, 5.74) is 15.1. The number of fused-ring (bicyclic) bond motifs is 5. The van der Waals surface area contributed by atoms with E-state index >= 15 is 0 Å². The van der Waals surface area contributed by atoms with E-state index < -0.39 is 0 Å². The molecule has 1 heterocycles. The van der Waals surface area contributed by atoms with Crippen molar-refractivity contribution < 1.29 is 0 Å². The first kappa shape index (κ1) is 29.5. The molecule has 1 saturated carbocycles. The molecule has 3 heteroatoms. The molecule has 0 atom stereocenters. The summed E-state index contributed by atoms with van der Waals surface area (Å²) >= 11 is 0. The number of nitrogens with zero attached hydrogens (tertiary/aromatic N) is 3. The second-order valence-corrected chi connectivity index (χ2v) is 13.5. The van der Waals surface area contributed by atoms with Crippen LogP contribution in [0.1, 0.15) is 48.8 Å². The van der Waals surface area contributed by atoms with E-state index in [2.05, 4.69) is 91.9 Å². The lowest BCUT2D eigenvalue weighted by molar-refractivity contribution is 0.353. The maximum atomic E-state index is 5.00. The van der Waals surface area contributed by atoms with Crippen LogP contribution in [0.5, 0.6) is 0 Å². The van der Waals surface area contributed by atoms with Crippen molar-refractivity contribution >= 4 is 0 Å². The smallest absolute Gasteiger partial charge is 0.164 e. The lowest BCUT2D eigenvalue weighted by Gasteiger charge is -2.36. The lowest BCUT2D eigenvalue weighted by Crippen LogP contribution is -2.27. The Morgan fingerprint density at radius 2 is 0.918 bits per heavy atom. The summed E-state index contributed by atoms with van der Waals surface area (Å²) in [6.45, 7) is 2.17. The Kier molecular flexibility index (Phi) is 7.27. The fourth-order valence-corrected chi connectivity index (χ4v) is 8.30. The van der Waals surface area contributed by atoms with Crippen LogP contribution < -0.4 is 0 Å². The van der Waals surface area contributed by atoms with E-state index in [1.165, 1.54) is 76.6 Å². The van der Waals surface area contributed by atoms with Crippen LogP contribution in [-0.2, 0) is 5.41 Å². The average Bonchev–Trinajstić information content (AvgIpc) is 3.44. The van der Waals surface area contributed by atoms with Gasteiger partial charge in [-0.15, -0.1) is 0 Å². The average molecular weight is 632 g/mol.